The summed E-state index contributed by atoms with van der Waals surface area (Å²) in [6, 6.07) is 7.62. The van der Waals surface area contributed by atoms with Gasteiger partial charge in [0.25, 0.3) is 0 Å². The maximum absolute atomic E-state index is 11.9. The molecular weight excluding hydrogens is 296 g/mol. The summed E-state index contributed by atoms with van der Waals surface area (Å²) in [4.78, 5) is 11.9. The largest absolute Gasteiger partial charge is 0.497 e. The van der Waals surface area contributed by atoms with Crippen LogP contribution in [0.1, 0.15) is 18.4 Å². The zero-order chi connectivity index (χ0) is 13.2. The Balaban J connectivity index is 2.05. The van der Waals surface area contributed by atoms with E-state index in [9.17, 15) is 4.79 Å². The molecule has 0 radical (unpaired) electrons. The van der Waals surface area contributed by atoms with Crippen LogP contribution in [-0.2, 0) is 11.2 Å². The van der Waals surface area contributed by atoms with E-state index < -0.39 is 5.54 Å². The van der Waals surface area contributed by atoms with Gasteiger partial charge in [-0.1, -0.05) is 15.9 Å². The minimum atomic E-state index is -0.609. The molecule has 1 aromatic rings. The van der Waals surface area contributed by atoms with Crippen molar-refractivity contribution in [1.82, 2.24) is 5.32 Å². The Morgan fingerprint density at radius 3 is 2.89 bits per heavy atom. The Morgan fingerprint density at radius 2 is 2.33 bits per heavy atom. The number of hydrogen-bond acceptors (Lipinski definition) is 3. The predicted molar refractivity (Wildman–Crippen MR) is 70.1 cm³/mol. The van der Waals surface area contributed by atoms with Crippen LogP contribution in [0, 0.1) is 11.3 Å². The van der Waals surface area contributed by atoms with Crippen molar-refractivity contribution in [3.63, 3.8) is 0 Å². The van der Waals surface area contributed by atoms with Crippen LogP contribution >= 0.6 is 15.9 Å². The van der Waals surface area contributed by atoms with E-state index in [1.54, 1.807) is 7.11 Å². The van der Waals surface area contributed by atoms with Crippen LogP contribution in [0.3, 0.4) is 0 Å². The van der Waals surface area contributed by atoms with Gasteiger partial charge in [0.05, 0.1) is 19.6 Å². The molecule has 1 N–H and O–H groups in total. The fraction of sp³-hybridized carbons (Fsp3) is 0.385. The summed E-state index contributed by atoms with van der Waals surface area (Å²) in [5.74, 6) is 0.574. The normalized spacial score (nSPS) is 15.6. The molecule has 1 saturated carbocycles. The Bertz CT molecular complexity index is 518. The average molecular weight is 309 g/mol. The molecule has 2 rings (SSSR count). The highest BCUT2D eigenvalue weighted by Gasteiger charge is 2.44. The molecule has 0 saturated heterocycles. The number of ether oxygens (including phenoxy) is 1. The van der Waals surface area contributed by atoms with E-state index in [1.807, 2.05) is 18.2 Å². The first-order valence-corrected chi connectivity index (χ1v) is 6.42. The van der Waals surface area contributed by atoms with Crippen LogP contribution in [0.4, 0.5) is 0 Å². The van der Waals surface area contributed by atoms with Gasteiger partial charge in [-0.25, -0.2) is 0 Å². The van der Waals surface area contributed by atoms with Gasteiger partial charge in [-0.15, -0.1) is 0 Å². The summed E-state index contributed by atoms with van der Waals surface area (Å²) in [5, 5.41) is 11.7. The highest BCUT2D eigenvalue weighted by atomic mass is 79.9. The molecule has 0 aliphatic heterocycles. The standard InChI is InChI=1S/C13H13BrN2O2/c1-18-10-2-3-11(14)9(6-10)7-12(17)16-13(8-15)4-5-13/h2-3,6H,4-5,7H2,1H3,(H,16,17). The fourth-order valence-corrected chi connectivity index (χ4v) is 2.07. The second kappa shape index (κ2) is 4.99. The molecule has 0 unspecified atom stereocenters. The molecule has 0 heterocycles. The molecule has 1 aliphatic rings. The number of nitrogens with zero attached hydrogens (tertiary/aromatic N) is 1. The van der Waals surface area contributed by atoms with Crippen LogP contribution in [0.25, 0.3) is 0 Å². The highest BCUT2D eigenvalue weighted by molar-refractivity contribution is 9.10. The Morgan fingerprint density at radius 1 is 1.61 bits per heavy atom. The zero-order valence-corrected chi connectivity index (χ0v) is 11.6. The van der Waals surface area contributed by atoms with Crippen molar-refractivity contribution in [3.8, 4) is 11.8 Å². The van der Waals surface area contributed by atoms with Crippen LogP contribution in [0.15, 0.2) is 22.7 Å². The summed E-state index contributed by atoms with van der Waals surface area (Å²) in [7, 11) is 1.59. The number of halogens is 1. The van der Waals surface area contributed by atoms with Crippen molar-refractivity contribution in [2.75, 3.05) is 7.11 Å². The molecule has 0 aromatic heterocycles. The van der Waals surface area contributed by atoms with Crippen molar-refractivity contribution in [1.29, 1.82) is 5.26 Å². The van der Waals surface area contributed by atoms with Gasteiger partial charge in [0.2, 0.25) is 5.91 Å². The molecule has 5 heteroatoms. The first kappa shape index (κ1) is 12.9. The van der Waals surface area contributed by atoms with Gasteiger partial charge in [0.1, 0.15) is 11.3 Å². The van der Waals surface area contributed by atoms with E-state index in [2.05, 4.69) is 27.3 Å². The number of rotatable bonds is 4. The van der Waals surface area contributed by atoms with Crippen molar-refractivity contribution >= 4 is 21.8 Å². The maximum Gasteiger partial charge on any atom is 0.225 e. The Labute approximate surface area is 114 Å². The van der Waals surface area contributed by atoms with E-state index in [4.69, 9.17) is 10.00 Å². The molecule has 0 bridgehead atoms. The molecule has 18 heavy (non-hydrogen) atoms. The van der Waals surface area contributed by atoms with Gasteiger partial charge >= 0.3 is 0 Å². The molecule has 4 nitrogen and oxygen atoms in total. The summed E-state index contributed by atoms with van der Waals surface area (Å²) >= 11 is 3.40. The van der Waals surface area contributed by atoms with E-state index in [0.717, 1.165) is 22.9 Å². The lowest BCUT2D eigenvalue weighted by Gasteiger charge is -2.11. The fourth-order valence-electron chi connectivity index (χ4n) is 1.69. The van der Waals surface area contributed by atoms with E-state index in [1.165, 1.54) is 0 Å². The molecule has 1 amide bonds. The molecular formula is C13H13BrN2O2. The SMILES string of the molecule is COc1ccc(Br)c(CC(=O)NC2(C#N)CC2)c1. The maximum atomic E-state index is 11.9. The Hall–Kier alpha value is -1.54. The predicted octanol–water partition coefficient (Wildman–Crippen LogP) is 2.17. The van der Waals surface area contributed by atoms with Crippen LogP contribution in [-0.4, -0.2) is 18.6 Å². The first-order valence-electron chi connectivity index (χ1n) is 5.63. The minimum absolute atomic E-state index is 0.136. The lowest BCUT2D eigenvalue weighted by Crippen LogP contribution is -2.36. The molecule has 1 fully saturated rings. The lowest BCUT2D eigenvalue weighted by atomic mass is 10.1. The Kier molecular flexibility index (Phi) is 3.58. The summed E-state index contributed by atoms with van der Waals surface area (Å²) in [6.45, 7) is 0. The minimum Gasteiger partial charge on any atom is -0.497 e. The third-order valence-electron chi connectivity index (χ3n) is 2.95. The summed E-state index contributed by atoms with van der Waals surface area (Å²) < 4.78 is 5.98. The van der Waals surface area contributed by atoms with E-state index >= 15 is 0 Å². The van der Waals surface area contributed by atoms with Crippen LogP contribution < -0.4 is 10.1 Å². The lowest BCUT2D eigenvalue weighted by molar-refractivity contribution is -0.121. The third-order valence-corrected chi connectivity index (χ3v) is 3.72. The summed E-state index contributed by atoms with van der Waals surface area (Å²) in [6.07, 6.45) is 1.73. The number of carbonyl (C=O) groups is 1. The van der Waals surface area contributed by atoms with Crippen molar-refractivity contribution in [3.05, 3.63) is 28.2 Å². The van der Waals surface area contributed by atoms with Gasteiger partial charge in [-0.05, 0) is 36.6 Å². The van der Waals surface area contributed by atoms with Crippen molar-refractivity contribution in [2.45, 2.75) is 24.8 Å². The van der Waals surface area contributed by atoms with Gasteiger partial charge in [-0.2, -0.15) is 5.26 Å². The smallest absolute Gasteiger partial charge is 0.225 e. The second-order valence-electron chi connectivity index (χ2n) is 4.38. The van der Waals surface area contributed by atoms with Gasteiger partial charge in [-0.3, -0.25) is 4.79 Å². The number of methoxy groups -OCH3 is 1. The monoisotopic (exact) mass is 308 g/mol. The van der Waals surface area contributed by atoms with Crippen LogP contribution in [0.2, 0.25) is 0 Å². The van der Waals surface area contributed by atoms with Gasteiger partial charge < -0.3 is 10.1 Å². The molecule has 1 aliphatic carbocycles. The van der Waals surface area contributed by atoms with Gasteiger partial charge in [0.15, 0.2) is 0 Å². The number of nitriles is 1. The molecule has 0 atom stereocenters. The number of benzene rings is 1. The van der Waals surface area contributed by atoms with E-state index in [0.29, 0.717) is 5.75 Å². The number of nitrogens with one attached hydrogen (secondary N) is 1. The quantitative estimate of drug-likeness (QED) is 0.927. The van der Waals surface area contributed by atoms with Crippen LogP contribution in [0.5, 0.6) is 5.75 Å². The number of hydrogen-bond donors (Lipinski definition) is 1. The average Bonchev–Trinajstić information content (AvgIpc) is 3.12. The first-order chi connectivity index (χ1) is 8.58. The van der Waals surface area contributed by atoms with Crippen molar-refractivity contribution < 1.29 is 9.53 Å². The van der Waals surface area contributed by atoms with E-state index in [-0.39, 0.29) is 12.3 Å². The number of carbonyl (C=O) groups excluding carboxylic acids is 1. The topological polar surface area (TPSA) is 62.1 Å². The van der Waals surface area contributed by atoms with Crippen molar-refractivity contribution in [2.24, 2.45) is 0 Å². The second-order valence-corrected chi connectivity index (χ2v) is 5.23. The molecule has 1 aromatic carbocycles. The number of amides is 1. The molecule has 94 valence electrons. The van der Waals surface area contributed by atoms with Gasteiger partial charge in [0, 0.05) is 4.47 Å². The highest BCUT2D eigenvalue weighted by Crippen LogP contribution is 2.34. The zero-order valence-electron chi connectivity index (χ0n) is 10.00. The third kappa shape index (κ3) is 2.82. The molecule has 0 spiro atoms. The summed E-state index contributed by atoms with van der Waals surface area (Å²) in [5.41, 5.74) is 0.239.